The number of methoxy groups -OCH3 is 1. The van der Waals surface area contributed by atoms with Crippen LogP contribution in [0.1, 0.15) is 35.7 Å². The highest BCUT2D eigenvalue weighted by Gasteiger charge is 2.25. The molecule has 0 spiro atoms. The third-order valence-corrected chi connectivity index (χ3v) is 5.18. The van der Waals surface area contributed by atoms with Crippen LogP contribution in [-0.4, -0.2) is 69.8 Å². The number of nitrogens with zero attached hydrogens (tertiary/aromatic N) is 2. The Balaban J connectivity index is 1.84. The molecular weight excluding hydrogens is 408 g/mol. The molecule has 7 nitrogen and oxygen atoms in total. The maximum atomic E-state index is 13.6. The molecule has 0 N–H and O–H groups in total. The fraction of sp³-hybridized carbons (Fsp3) is 0.480. The number of hydrogen-bond donors (Lipinski definition) is 0. The lowest BCUT2D eigenvalue weighted by Gasteiger charge is -2.27. The molecule has 0 fully saturated rings. The van der Waals surface area contributed by atoms with Gasteiger partial charge in [-0.2, -0.15) is 0 Å². The predicted octanol–water partition coefficient (Wildman–Crippen LogP) is 3.85. The van der Waals surface area contributed by atoms with Crippen LogP contribution in [0.25, 0.3) is 0 Å². The minimum Gasteiger partial charge on any atom is -0.493 e. The molecule has 0 saturated heterocycles. The van der Waals surface area contributed by atoms with Crippen molar-refractivity contribution in [1.29, 1.82) is 0 Å². The summed E-state index contributed by atoms with van der Waals surface area (Å²) in [5.74, 6) is 2.46. The number of ether oxygens (including phenoxy) is 4. The van der Waals surface area contributed by atoms with Gasteiger partial charge in [0.1, 0.15) is 13.2 Å². The third kappa shape index (κ3) is 6.07. The number of fused-ring (bicyclic) bond motifs is 1. The van der Waals surface area contributed by atoms with E-state index < -0.39 is 0 Å². The first kappa shape index (κ1) is 23.7. The van der Waals surface area contributed by atoms with Crippen LogP contribution in [0.2, 0.25) is 0 Å². The molecule has 1 amide bonds. The van der Waals surface area contributed by atoms with Gasteiger partial charge in [-0.05, 0) is 63.3 Å². The average molecular weight is 443 g/mol. The molecular formula is C25H34N2O5. The molecule has 174 valence electrons. The monoisotopic (exact) mass is 442 g/mol. The van der Waals surface area contributed by atoms with E-state index in [1.165, 1.54) is 0 Å². The standard InChI is InChI=1S/C25H34N2O5/c1-5-14-30-21-11-10-19(17-23(21)29-4)18-27(13-7-12-26(2)3)25(28)20-8-6-9-22-24(20)32-16-15-31-22/h6,8-11,17H,5,7,12-16,18H2,1-4H3. The van der Waals surface area contributed by atoms with E-state index in [0.29, 0.717) is 61.5 Å². The van der Waals surface area contributed by atoms with Gasteiger partial charge in [0, 0.05) is 13.1 Å². The van der Waals surface area contributed by atoms with Gasteiger partial charge in [0.25, 0.3) is 5.91 Å². The van der Waals surface area contributed by atoms with Crippen LogP contribution >= 0.6 is 0 Å². The highest BCUT2D eigenvalue weighted by atomic mass is 16.6. The maximum Gasteiger partial charge on any atom is 0.258 e. The van der Waals surface area contributed by atoms with Crippen LogP contribution in [0.4, 0.5) is 0 Å². The van der Waals surface area contributed by atoms with E-state index in [0.717, 1.165) is 24.9 Å². The Morgan fingerprint density at radius 2 is 1.88 bits per heavy atom. The lowest BCUT2D eigenvalue weighted by atomic mass is 10.1. The van der Waals surface area contributed by atoms with Gasteiger partial charge in [0.2, 0.25) is 0 Å². The topological polar surface area (TPSA) is 60.5 Å². The zero-order chi connectivity index (χ0) is 22.9. The lowest BCUT2D eigenvalue weighted by molar-refractivity contribution is 0.0727. The van der Waals surface area contributed by atoms with Crippen LogP contribution in [0.5, 0.6) is 23.0 Å². The van der Waals surface area contributed by atoms with Crippen molar-refractivity contribution in [2.75, 3.05) is 54.1 Å². The Morgan fingerprint density at radius 1 is 1.06 bits per heavy atom. The minimum absolute atomic E-state index is 0.0728. The summed E-state index contributed by atoms with van der Waals surface area (Å²) in [6, 6.07) is 11.3. The Bertz CT molecular complexity index is 900. The quantitative estimate of drug-likeness (QED) is 0.527. The summed E-state index contributed by atoms with van der Waals surface area (Å²) in [7, 11) is 5.70. The summed E-state index contributed by atoms with van der Waals surface area (Å²) in [6.07, 6.45) is 1.78. The number of carbonyl (C=O) groups excluding carboxylic acids is 1. The molecule has 2 aromatic carbocycles. The van der Waals surface area contributed by atoms with E-state index in [4.69, 9.17) is 18.9 Å². The number of benzene rings is 2. The molecule has 1 aliphatic heterocycles. The van der Waals surface area contributed by atoms with Gasteiger partial charge < -0.3 is 28.7 Å². The molecule has 1 heterocycles. The van der Waals surface area contributed by atoms with Crippen LogP contribution < -0.4 is 18.9 Å². The largest absolute Gasteiger partial charge is 0.493 e. The first-order valence-electron chi connectivity index (χ1n) is 11.2. The predicted molar refractivity (Wildman–Crippen MR) is 124 cm³/mol. The second-order valence-corrected chi connectivity index (χ2v) is 8.05. The van der Waals surface area contributed by atoms with Gasteiger partial charge >= 0.3 is 0 Å². The van der Waals surface area contributed by atoms with Crippen LogP contribution in [0, 0.1) is 0 Å². The minimum atomic E-state index is -0.0728. The highest BCUT2D eigenvalue weighted by molar-refractivity contribution is 5.97. The van der Waals surface area contributed by atoms with Crippen molar-refractivity contribution in [1.82, 2.24) is 9.80 Å². The van der Waals surface area contributed by atoms with E-state index in [9.17, 15) is 4.79 Å². The molecule has 2 aromatic rings. The van der Waals surface area contributed by atoms with E-state index in [-0.39, 0.29) is 5.91 Å². The molecule has 32 heavy (non-hydrogen) atoms. The Hall–Kier alpha value is -2.93. The fourth-order valence-corrected chi connectivity index (χ4v) is 3.60. The second kappa shape index (κ2) is 11.6. The van der Waals surface area contributed by atoms with Gasteiger partial charge in [0.15, 0.2) is 23.0 Å². The Morgan fingerprint density at radius 3 is 2.62 bits per heavy atom. The molecule has 0 atom stereocenters. The lowest BCUT2D eigenvalue weighted by Crippen LogP contribution is -2.33. The van der Waals surface area contributed by atoms with Gasteiger partial charge in [-0.1, -0.05) is 19.1 Å². The Kier molecular flexibility index (Phi) is 8.62. The number of amides is 1. The first-order valence-corrected chi connectivity index (χ1v) is 11.2. The molecule has 0 saturated carbocycles. The van der Waals surface area contributed by atoms with Crippen molar-refractivity contribution in [3.63, 3.8) is 0 Å². The highest BCUT2D eigenvalue weighted by Crippen LogP contribution is 2.35. The van der Waals surface area contributed by atoms with Crippen LogP contribution in [0.3, 0.4) is 0 Å². The number of para-hydroxylation sites is 1. The Labute approximate surface area is 190 Å². The van der Waals surface area contributed by atoms with E-state index >= 15 is 0 Å². The van der Waals surface area contributed by atoms with Crippen molar-refractivity contribution < 1.29 is 23.7 Å². The maximum absolute atomic E-state index is 13.6. The smallest absolute Gasteiger partial charge is 0.258 e. The number of rotatable bonds is 11. The second-order valence-electron chi connectivity index (χ2n) is 8.05. The van der Waals surface area contributed by atoms with Crippen molar-refractivity contribution in [3.05, 3.63) is 47.5 Å². The summed E-state index contributed by atoms with van der Waals surface area (Å²) in [6.45, 7) is 5.60. The summed E-state index contributed by atoms with van der Waals surface area (Å²) < 4.78 is 22.8. The fourth-order valence-electron chi connectivity index (χ4n) is 3.60. The van der Waals surface area contributed by atoms with Crippen molar-refractivity contribution in [2.45, 2.75) is 26.3 Å². The SMILES string of the molecule is CCCOc1ccc(CN(CCCN(C)C)C(=O)c2cccc3c2OCCO3)cc1OC. The number of carbonyl (C=O) groups is 1. The van der Waals surface area contributed by atoms with Crippen LogP contribution in [-0.2, 0) is 6.54 Å². The zero-order valence-electron chi connectivity index (χ0n) is 19.6. The molecule has 0 aliphatic carbocycles. The zero-order valence-corrected chi connectivity index (χ0v) is 19.6. The summed E-state index contributed by atoms with van der Waals surface area (Å²) in [5.41, 5.74) is 1.51. The molecule has 7 heteroatoms. The molecule has 0 bridgehead atoms. The van der Waals surface area contributed by atoms with E-state index in [2.05, 4.69) is 11.8 Å². The normalized spacial score (nSPS) is 12.5. The summed E-state index contributed by atoms with van der Waals surface area (Å²) in [4.78, 5) is 17.6. The van der Waals surface area contributed by atoms with Gasteiger partial charge in [-0.3, -0.25) is 4.79 Å². The van der Waals surface area contributed by atoms with Gasteiger partial charge in [0.05, 0.1) is 19.3 Å². The number of hydrogen-bond acceptors (Lipinski definition) is 6. The molecule has 3 rings (SSSR count). The molecule has 0 unspecified atom stereocenters. The summed E-state index contributed by atoms with van der Waals surface area (Å²) in [5, 5.41) is 0. The van der Waals surface area contributed by atoms with Crippen molar-refractivity contribution >= 4 is 5.91 Å². The summed E-state index contributed by atoms with van der Waals surface area (Å²) >= 11 is 0. The molecule has 0 radical (unpaired) electrons. The van der Waals surface area contributed by atoms with Crippen molar-refractivity contribution in [3.8, 4) is 23.0 Å². The van der Waals surface area contributed by atoms with E-state index in [1.807, 2.05) is 49.3 Å². The molecule has 1 aliphatic rings. The van der Waals surface area contributed by atoms with Gasteiger partial charge in [-0.15, -0.1) is 0 Å². The average Bonchev–Trinajstić information content (AvgIpc) is 2.81. The molecule has 0 aromatic heterocycles. The van der Waals surface area contributed by atoms with Crippen LogP contribution in [0.15, 0.2) is 36.4 Å². The van der Waals surface area contributed by atoms with Crippen molar-refractivity contribution in [2.24, 2.45) is 0 Å². The third-order valence-electron chi connectivity index (χ3n) is 5.18. The first-order chi connectivity index (χ1) is 15.5. The van der Waals surface area contributed by atoms with E-state index in [1.54, 1.807) is 13.2 Å². The van der Waals surface area contributed by atoms with Gasteiger partial charge in [-0.25, -0.2) is 0 Å².